The van der Waals surface area contributed by atoms with Crippen LogP contribution >= 0.6 is 0 Å². The molecule has 1 aromatic rings. The molecule has 0 atom stereocenters. The second kappa shape index (κ2) is 10.3. The predicted octanol–water partition coefficient (Wildman–Crippen LogP) is 2.48. The molecule has 0 radical (unpaired) electrons. The van der Waals surface area contributed by atoms with E-state index < -0.39 is 0 Å². The van der Waals surface area contributed by atoms with Gasteiger partial charge in [0.15, 0.2) is 0 Å². The Bertz CT molecular complexity index is 377. The molecule has 0 saturated carbocycles. The van der Waals surface area contributed by atoms with Crippen LogP contribution in [0.4, 0.5) is 0 Å². The molecule has 0 bridgehead atoms. The highest BCUT2D eigenvalue weighted by molar-refractivity contribution is 5.75. The minimum atomic E-state index is 0.128. The molecule has 0 spiro atoms. The Kier molecular flexibility index (Phi) is 8.47. The lowest BCUT2D eigenvalue weighted by molar-refractivity contribution is -0.121. The molecule has 112 valence electrons. The van der Waals surface area contributed by atoms with Crippen LogP contribution in [0.25, 0.3) is 0 Å². The van der Waals surface area contributed by atoms with Crippen LogP contribution in [0.3, 0.4) is 0 Å². The zero-order valence-corrected chi connectivity index (χ0v) is 12.6. The first kappa shape index (κ1) is 16.5. The molecule has 0 unspecified atom stereocenters. The maximum absolute atomic E-state index is 11.5. The second-order valence-corrected chi connectivity index (χ2v) is 4.83. The van der Waals surface area contributed by atoms with Gasteiger partial charge in [-0.1, -0.05) is 31.9 Å². The molecule has 2 N–H and O–H groups in total. The highest BCUT2D eigenvalue weighted by atomic mass is 16.5. The summed E-state index contributed by atoms with van der Waals surface area (Å²) in [6.07, 6.45) is 3.96. The maximum atomic E-state index is 11.5. The number of carbonyl (C=O) groups excluding carboxylic acids is 1. The third-order valence-electron chi connectivity index (χ3n) is 3.12. The van der Waals surface area contributed by atoms with E-state index >= 15 is 0 Å². The molecule has 20 heavy (non-hydrogen) atoms. The van der Waals surface area contributed by atoms with Crippen molar-refractivity contribution in [3.8, 4) is 5.75 Å². The SMILES string of the molecule is CCCCCNC(=O)CCNCc1ccc(OC)cc1. The van der Waals surface area contributed by atoms with Crippen LogP contribution in [-0.2, 0) is 11.3 Å². The Labute approximate surface area is 121 Å². The summed E-state index contributed by atoms with van der Waals surface area (Å²) in [5.74, 6) is 0.989. The van der Waals surface area contributed by atoms with Crippen molar-refractivity contribution in [1.82, 2.24) is 10.6 Å². The number of unbranched alkanes of at least 4 members (excludes halogenated alkanes) is 2. The van der Waals surface area contributed by atoms with Gasteiger partial charge in [-0.3, -0.25) is 4.79 Å². The van der Waals surface area contributed by atoms with E-state index in [0.717, 1.165) is 25.3 Å². The van der Waals surface area contributed by atoms with Crippen LogP contribution in [0.5, 0.6) is 5.75 Å². The van der Waals surface area contributed by atoms with Crippen LogP contribution < -0.4 is 15.4 Å². The average Bonchev–Trinajstić information content (AvgIpc) is 2.49. The number of hydrogen-bond donors (Lipinski definition) is 2. The molecule has 0 aromatic heterocycles. The zero-order chi connectivity index (χ0) is 14.6. The fourth-order valence-electron chi connectivity index (χ4n) is 1.87. The van der Waals surface area contributed by atoms with Gasteiger partial charge < -0.3 is 15.4 Å². The van der Waals surface area contributed by atoms with E-state index in [-0.39, 0.29) is 5.91 Å². The summed E-state index contributed by atoms with van der Waals surface area (Å²) < 4.78 is 5.11. The lowest BCUT2D eigenvalue weighted by atomic mass is 10.2. The topological polar surface area (TPSA) is 50.4 Å². The maximum Gasteiger partial charge on any atom is 0.221 e. The highest BCUT2D eigenvalue weighted by Gasteiger charge is 2.00. The summed E-state index contributed by atoms with van der Waals surface area (Å²) in [5.41, 5.74) is 1.19. The van der Waals surface area contributed by atoms with Gasteiger partial charge in [0.2, 0.25) is 5.91 Å². The predicted molar refractivity (Wildman–Crippen MR) is 81.9 cm³/mol. The summed E-state index contributed by atoms with van der Waals surface area (Å²) in [6, 6.07) is 7.93. The van der Waals surface area contributed by atoms with Crippen molar-refractivity contribution in [2.24, 2.45) is 0 Å². The Hall–Kier alpha value is -1.55. The molecule has 0 aliphatic rings. The van der Waals surface area contributed by atoms with Gasteiger partial charge in [-0.2, -0.15) is 0 Å². The number of rotatable bonds is 10. The van der Waals surface area contributed by atoms with E-state index in [4.69, 9.17) is 4.74 Å². The molecular formula is C16H26N2O2. The van der Waals surface area contributed by atoms with Gasteiger partial charge in [0.25, 0.3) is 0 Å². The molecule has 1 rings (SSSR count). The zero-order valence-electron chi connectivity index (χ0n) is 12.6. The Balaban J connectivity index is 2.07. The van der Waals surface area contributed by atoms with Crippen LogP contribution in [0, 0.1) is 0 Å². The lowest BCUT2D eigenvalue weighted by Crippen LogP contribution is -2.28. The van der Waals surface area contributed by atoms with Crippen LogP contribution in [0.2, 0.25) is 0 Å². The van der Waals surface area contributed by atoms with Gasteiger partial charge in [-0.15, -0.1) is 0 Å². The number of hydrogen-bond acceptors (Lipinski definition) is 3. The fourth-order valence-corrected chi connectivity index (χ4v) is 1.87. The van der Waals surface area contributed by atoms with Crippen LogP contribution in [0.15, 0.2) is 24.3 Å². The standard InChI is InChI=1S/C16H26N2O2/c1-3-4-5-11-18-16(19)10-12-17-13-14-6-8-15(20-2)9-7-14/h6-9,17H,3-5,10-13H2,1-2H3,(H,18,19). The number of amides is 1. The number of nitrogens with one attached hydrogen (secondary N) is 2. The Morgan fingerprint density at radius 1 is 1.15 bits per heavy atom. The van der Waals surface area contributed by atoms with Crippen molar-refractivity contribution < 1.29 is 9.53 Å². The monoisotopic (exact) mass is 278 g/mol. The third kappa shape index (κ3) is 7.14. The largest absolute Gasteiger partial charge is 0.497 e. The van der Waals surface area contributed by atoms with Crippen LogP contribution in [0.1, 0.15) is 38.2 Å². The molecule has 0 heterocycles. The van der Waals surface area contributed by atoms with Crippen molar-refractivity contribution in [2.45, 2.75) is 39.2 Å². The van der Waals surface area contributed by atoms with Gasteiger partial charge in [0, 0.05) is 26.1 Å². The van der Waals surface area contributed by atoms with Gasteiger partial charge in [-0.25, -0.2) is 0 Å². The Morgan fingerprint density at radius 3 is 2.55 bits per heavy atom. The number of benzene rings is 1. The van der Waals surface area contributed by atoms with Gasteiger partial charge in [-0.05, 0) is 24.1 Å². The summed E-state index contributed by atoms with van der Waals surface area (Å²) in [5, 5.41) is 6.21. The first-order valence-corrected chi connectivity index (χ1v) is 7.36. The van der Waals surface area contributed by atoms with Gasteiger partial charge in [0.05, 0.1) is 7.11 Å². The van der Waals surface area contributed by atoms with Crippen molar-refractivity contribution in [3.63, 3.8) is 0 Å². The first-order chi connectivity index (χ1) is 9.76. The summed E-state index contributed by atoms with van der Waals surface area (Å²) in [4.78, 5) is 11.5. The number of carbonyl (C=O) groups is 1. The number of ether oxygens (including phenoxy) is 1. The van der Waals surface area contributed by atoms with E-state index in [1.807, 2.05) is 24.3 Å². The fraction of sp³-hybridized carbons (Fsp3) is 0.562. The van der Waals surface area contributed by atoms with E-state index in [1.54, 1.807) is 7.11 Å². The number of methoxy groups -OCH3 is 1. The highest BCUT2D eigenvalue weighted by Crippen LogP contribution is 2.10. The third-order valence-corrected chi connectivity index (χ3v) is 3.12. The summed E-state index contributed by atoms with van der Waals surface area (Å²) >= 11 is 0. The summed E-state index contributed by atoms with van der Waals surface area (Å²) in [7, 11) is 1.66. The molecule has 0 saturated heterocycles. The molecule has 0 fully saturated rings. The molecule has 0 aliphatic heterocycles. The van der Waals surface area contributed by atoms with Crippen molar-refractivity contribution in [2.75, 3.05) is 20.2 Å². The quantitative estimate of drug-likeness (QED) is 0.646. The summed E-state index contributed by atoms with van der Waals surface area (Å²) in [6.45, 7) is 4.43. The van der Waals surface area contributed by atoms with Crippen LogP contribution in [-0.4, -0.2) is 26.1 Å². The lowest BCUT2D eigenvalue weighted by Gasteiger charge is -2.07. The van der Waals surface area contributed by atoms with E-state index in [9.17, 15) is 4.79 Å². The van der Waals surface area contributed by atoms with Gasteiger partial charge in [0.1, 0.15) is 5.75 Å². The molecular weight excluding hydrogens is 252 g/mol. The molecule has 1 amide bonds. The van der Waals surface area contributed by atoms with Gasteiger partial charge >= 0.3 is 0 Å². The minimum absolute atomic E-state index is 0.128. The van der Waals surface area contributed by atoms with Crippen molar-refractivity contribution >= 4 is 5.91 Å². The normalized spacial score (nSPS) is 10.3. The molecule has 4 heteroatoms. The van der Waals surface area contributed by atoms with E-state index in [1.165, 1.54) is 18.4 Å². The van der Waals surface area contributed by atoms with E-state index in [0.29, 0.717) is 13.0 Å². The minimum Gasteiger partial charge on any atom is -0.497 e. The first-order valence-electron chi connectivity index (χ1n) is 7.36. The smallest absolute Gasteiger partial charge is 0.221 e. The van der Waals surface area contributed by atoms with Crippen molar-refractivity contribution in [1.29, 1.82) is 0 Å². The molecule has 0 aliphatic carbocycles. The second-order valence-electron chi connectivity index (χ2n) is 4.83. The average molecular weight is 278 g/mol. The Morgan fingerprint density at radius 2 is 1.90 bits per heavy atom. The van der Waals surface area contributed by atoms with E-state index in [2.05, 4.69) is 17.6 Å². The molecule has 1 aromatic carbocycles. The molecule has 4 nitrogen and oxygen atoms in total. The van der Waals surface area contributed by atoms with Crippen molar-refractivity contribution in [3.05, 3.63) is 29.8 Å².